The van der Waals surface area contributed by atoms with Gasteiger partial charge in [0, 0.05) is 17.5 Å². The van der Waals surface area contributed by atoms with Crippen molar-refractivity contribution in [3.63, 3.8) is 0 Å². The van der Waals surface area contributed by atoms with Crippen molar-refractivity contribution in [3.8, 4) is 22.9 Å². The van der Waals surface area contributed by atoms with E-state index in [1.807, 2.05) is 42.5 Å². The molecule has 2 aromatic carbocycles. The second-order valence-corrected chi connectivity index (χ2v) is 4.45. The molecule has 0 amide bonds. The van der Waals surface area contributed by atoms with Crippen LogP contribution < -0.4 is 10.4 Å². The summed E-state index contributed by atoms with van der Waals surface area (Å²) >= 11 is 0. The third kappa shape index (κ3) is 2.63. The Morgan fingerprint density at radius 3 is 2.67 bits per heavy atom. The summed E-state index contributed by atoms with van der Waals surface area (Å²) in [6, 6.07) is 18.2. The zero-order chi connectivity index (χ0) is 14.7. The molecule has 4 heteroatoms. The van der Waals surface area contributed by atoms with Gasteiger partial charge in [-0.05, 0) is 23.3 Å². The second-order valence-electron chi connectivity index (χ2n) is 4.45. The van der Waals surface area contributed by atoms with E-state index in [1.54, 1.807) is 12.1 Å². The molecule has 102 valence electrons. The highest BCUT2D eigenvalue weighted by Gasteiger charge is 2.08. The molecule has 1 aromatic heterocycles. The Kier molecular flexibility index (Phi) is 3.40. The van der Waals surface area contributed by atoms with Crippen molar-refractivity contribution in [3.05, 3.63) is 65.0 Å². The van der Waals surface area contributed by atoms with Crippen LogP contribution in [0.1, 0.15) is 0 Å². The molecule has 0 unspecified atom stereocenters. The molecule has 3 rings (SSSR count). The molecule has 0 saturated heterocycles. The van der Waals surface area contributed by atoms with Gasteiger partial charge >= 0.3 is 5.63 Å². The lowest BCUT2D eigenvalue weighted by molar-refractivity contribution is 0.368. The molecule has 3 aromatic rings. The monoisotopic (exact) mass is 277 g/mol. The van der Waals surface area contributed by atoms with Crippen molar-refractivity contribution in [2.45, 2.75) is 0 Å². The molecular weight excluding hydrogens is 266 g/mol. The summed E-state index contributed by atoms with van der Waals surface area (Å²) in [5, 5.41) is 9.35. The summed E-state index contributed by atoms with van der Waals surface area (Å²) in [5.41, 5.74) is 1.78. The molecule has 21 heavy (non-hydrogen) atoms. The topological polar surface area (TPSA) is 63.2 Å². The minimum atomic E-state index is -0.418. The number of nitriles is 1. The number of hydrogen-bond acceptors (Lipinski definition) is 4. The zero-order valence-electron chi connectivity index (χ0n) is 11.1. The fourth-order valence-corrected chi connectivity index (χ4v) is 2.20. The maximum Gasteiger partial charge on any atom is 0.336 e. The van der Waals surface area contributed by atoms with Gasteiger partial charge in [0.2, 0.25) is 0 Å². The van der Waals surface area contributed by atoms with Crippen molar-refractivity contribution in [1.29, 1.82) is 5.26 Å². The number of benzene rings is 2. The van der Waals surface area contributed by atoms with Crippen LogP contribution in [0.25, 0.3) is 22.1 Å². The van der Waals surface area contributed by atoms with E-state index in [9.17, 15) is 4.79 Å². The van der Waals surface area contributed by atoms with Gasteiger partial charge < -0.3 is 9.15 Å². The first-order valence-electron chi connectivity index (χ1n) is 6.41. The standard InChI is InChI=1S/C17H11NO3/c18-8-9-20-13-6-7-14-15(12-4-2-1-3-5-12)11-17(19)21-16(14)10-13/h1-7,10-11H,9H2. The van der Waals surface area contributed by atoms with Crippen LogP contribution >= 0.6 is 0 Å². The van der Waals surface area contributed by atoms with Gasteiger partial charge in [0.05, 0.1) is 0 Å². The lowest BCUT2D eigenvalue weighted by Gasteiger charge is -2.07. The van der Waals surface area contributed by atoms with E-state index in [1.165, 1.54) is 6.07 Å². The first-order valence-corrected chi connectivity index (χ1v) is 6.41. The smallest absolute Gasteiger partial charge is 0.336 e. The van der Waals surface area contributed by atoms with E-state index in [-0.39, 0.29) is 6.61 Å². The van der Waals surface area contributed by atoms with E-state index >= 15 is 0 Å². The maximum atomic E-state index is 11.7. The van der Waals surface area contributed by atoms with Crippen LogP contribution in [0.2, 0.25) is 0 Å². The largest absolute Gasteiger partial charge is 0.479 e. The molecule has 0 aliphatic rings. The summed E-state index contributed by atoms with van der Waals surface area (Å²) in [5.74, 6) is 0.498. The normalized spacial score (nSPS) is 10.2. The number of ether oxygens (including phenoxy) is 1. The molecule has 0 saturated carbocycles. The van der Waals surface area contributed by atoms with E-state index < -0.39 is 5.63 Å². The molecule has 0 aliphatic heterocycles. The fraction of sp³-hybridized carbons (Fsp3) is 0.0588. The zero-order valence-corrected chi connectivity index (χ0v) is 11.1. The first kappa shape index (κ1) is 12.9. The van der Waals surface area contributed by atoms with Gasteiger partial charge in [-0.1, -0.05) is 30.3 Å². The third-order valence-corrected chi connectivity index (χ3v) is 3.10. The molecule has 0 N–H and O–H groups in total. The van der Waals surface area contributed by atoms with Crippen LogP contribution in [0.3, 0.4) is 0 Å². The number of hydrogen-bond donors (Lipinski definition) is 0. The molecule has 0 spiro atoms. The quantitative estimate of drug-likeness (QED) is 0.688. The van der Waals surface area contributed by atoms with E-state index in [0.29, 0.717) is 11.3 Å². The van der Waals surface area contributed by atoms with Crippen LogP contribution in [0.5, 0.6) is 5.75 Å². The predicted molar refractivity (Wildman–Crippen MR) is 79.0 cm³/mol. The van der Waals surface area contributed by atoms with E-state index in [4.69, 9.17) is 14.4 Å². The van der Waals surface area contributed by atoms with Gasteiger partial charge in [-0.15, -0.1) is 0 Å². The van der Waals surface area contributed by atoms with Crippen molar-refractivity contribution in [2.24, 2.45) is 0 Å². The highest BCUT2D eigenvalue weighted by molar-refractivity contribution is 5.93. The van der Waals surface area contributed by atoms with Crippen LogP contribution in [-0.2, 0) is 0 Å². The Bertz CT molecular complexity index is 876. The third-order valence-electron chi connectivity index (χ3n) is 3.10. The van der Waals surface area contributed by atoms with Crippen molar-refractivity contribution < 1.29 is 9.15 Å². The highest BCUT2D eigenvalue weighted by atomic mass is 16.5. The fourth-order valence-electron chi connectivity index (χ4n) is 2.20. The second kappa shape index (κ2) is 5.51. The Morgan fingerprint density at radius 1 is 1.10 bits per heavy atom. The summed E-state index contributed by atoms with van der Waals surface area (Å²) in [4.78, 5) is 11.7. The van der Waals surface area contributed by atoms with Crippen molar-refractivity contribution in [1.82, 2.24) is 0 Å². The number of rotatable bonds is 3. The summed E-state index contributed by atoms with van der Waals surface area (Å²) < 4.78 is 10.5. The molecule has 0 aliphatic carbocycles. The van der Waals surface area contributed by atoms with Gasteiger partial charge in [-0.2, -0.15) is 5.26 Å². The SMILES string of the molecule is N#CCOc1ccc2c(-c3ccccc3)cc(=O)oc2c1. The van der Waals surface area contributed by atoms with E-state index in [0.717, 1.165) is 16.5 Å². The highest BCUT2D eigenvalue weighted by Crippen LogP contribution is 2.29. The van der Waals surface area contributed by atoms with Gasteiger partial charge in [-0.3, -0.25) is 0 Å². The summed E-state index contributed by atoms with van der Waals surface area (Å²) in [6.45, 7) is -0.0475. The van der Waals surface area contributed by atoms with Crippen LogP contribution in [0, 0.1) is 11.3 Å². The molecule has 0 fully saturated rings. The average Bonchev–Trinajstić information content (AvgIpc) is 2.52. The summed E-state index contributed by atoms with van der Waals surface area (Å²) in [7, 11) is 0. The summed E-state index contributed by atoms with van der Waals surface area (Å²) in [6.07, 6.45) is 0. The number of nitrogens with zero attached hydrogens (tertiary/aromatic N) is 1. The Labute approximate surface area is 120 Å². The van der Waals surface area contributed by atoms with Crippen LogP contribution in [-0.4, -0.2) is 6.61 Å². The van der Waals surface area contributed by atoms with Crippen LogP contribution in [0.4, 0.5) is 0 Å². The van der Waals surface area contributed by atoms with Gasteiger partial charge in [0.1, 0.15) is 17.4 Å². The van der Waals surface area contributed by atoms with Gasteiger partial charge in [0.25, 0.3) is 0 Å². The molecule has 1 heterocycles. The number of fused-ring (bicyclic) bond motifs is 1. The van der Waals surface area contributed by atoms with Gasteiger partial charge in [0.15, 0.2) is 6.61 Å². The molecule has 0 radical (unpaired) electrons. The predicted octanol–water partition coefficient (Wildman–Crippen LogP) is 3.36. The molecule has 0 atom stereocenters. The Morgan fingerprint density at radius 2 is 1.90 bits per heavy atom. The van der Waals surface area contributed by atoms with Gasteiger partial charge in [-0.25, -0.2) is 4.79 Å². The first-order chi connectivity index (χ1) is 10.3. The molecular formula is C17H11NO3. The lowest BCUT2D eigenvalue weighted by Crippen LogP contribution is -1.99. The Hall–Kier alpha value is -3.06. The lowest BCUT2D eigenvalue weighted by atomic mass is 10.0. The van der Waals surface area contributed by atoms with Crippen molar-refractivity contribution in [2.75, 3.05) is 6.61 Å². The maximum absolute atomic E-state index is 11.7. The minimum Gasteiger partial charge on any atom is -0.479 e. The average molecular weight is 277 g/mol. The Balaban J connectivity index is 2.18. The minimum absolute atomic E-state index is 0.0475. The van der Waals surface area contributed by atoms with Crippen molar-refractivity contribution >= 4 is 11.0 Å². The van der Waals surface area contributed by atoms with Crippen LogP contribution in [0.15, 0.2) is 63.8 Å². The molecule has 0 bridgehead atoms. The van der Waals surface area contributed by atoms with E-state index in [2.05, 4.69) is 0 Å². The molecule has 4 nitrogen and oxygen atoms in total.